The minimum atomic E-state index is -1.14. The van der Waals surface area contributed by atoms with Crippen molar-refractivity contribution in [2.45, 2.75) is 24.9 Å². The van der Waals surface area contributed by atoms with Crippen LogP contribution in [0.1, 0.15) is 12.8 Å². The first kappa shape index (κ1) is 11.8. The van der Waals surface area contributed by atoms with Crippen molar-refractivity contribution in [2.24, 2.45) is 0 Å². The predicted octanol–water partition coefficient (Wildman–Crippen LogP) is -1.24. The number of carbonyl (C=O) groups excluding carboxylic acids is 2. The average molecular weight is 232 g/mol. The molecule has 1 heterocycles. The summed E-state index contributed by atoms with van der Waals surface area (Å²) in [6, 6.07) is -1.63. The summed E-state index contributed by atoms with van der Waals surface area (Å²) in [5, 5.41) is 13.4. The van der Waals surface area contributed by atoms with Crippen molar-refractivity contribution < 1.29 is 19.5 Å². The highest BCUT2D eigenvalue weighted by Gasteiger charge is 2.29. The maximum Gasteiger partial charge on any atom is 0.327 e. The quantitative estimate of drug-likeness (QED) is 0.456. The van der Waals surface area contributed by atoms with Crippen LogP contribution in [0.25, 0.3) is 0 Å². The molecule has 0 bridgehead atoms. The molecule has 84 valence electrons. The summed E-state index contributed by atoms with van der Waals surface area (Å²) < 4.78 is 0. The third-order valence-corrected chi connectivity index (χ3v) is 2.47. The van der Waals surface area contributed by atoms with Gasteiger partial charge in [-0.3, -0.25) is 9.59 Å². The molecule has 2 amide bonds. The minimum absolute atomic E-state index is 0.0156. The van der Waals surface area contributed by atoms with Gasteiger partial charge in [0.25, 0.3) is 0 Å². The van der Waals surface area contributed by atoms with Gasteiger partial charge in [0.15, 0.2) is 0 Å². The second-order valence-electron chi connectivity index (χ2n) is 3.24. The molecule has 0 aliphatic carbocycles. The number of rotatable bonds is 4. The van der Waals surface area contributed by atoms with Crippen LogP contribution in [0.15, 0.2) is 0 Å². The monoisotopic (exact) mass is 232 g/mol. The summed E-state index contributed by atoms with van der Waals surface area (Å²) in [6.07, 6.45) is 0.709. The first-order chi connectivity index (χ1) is 7.04. The molecule has 0 radical (unpaired) electrons. The fourth-order valence-electron chi connectivity index (χ4n) is 1.27. The van der Waals surface area contributed by atoms with E-state index in [1.54, 1.807) is 0 Å². The smallest absolute Gasteiger partial charge is 0.327 e. The van der Waals surface area contributed by atoms with Crippen LogP contribution in [0.5, 0.6) is 0 Å². The van der Waals surface area contributed by atoms with Gasteiger partial charge in [-0.15, -0.1) is 0 Å². The zero-order valence-corrected chi connectivity index (χ0v) is 8.79. The molecule has 7 heteroatoms. The van der Waals surface area contributed by atoms with E-state index < -0.39 is 24.0 Å². The van der Waals surface area contributed by atoms with Crippen molar-refractivity contribution >= 4 is 30.4 Å². The first-order valence-electron chi connectivity index (χ1n) is 4.48. The van der Waals surface area contributed by atoms with Crippen molar-refractivity contribution in [3.63, 3.8) is 0 Å². The first-order valence-corrected chi connectivity index (χ1v) is 5.11. The number of carboxylic acids is 1. The molecular weight excluding hydrogens is 220 g/mol. The van der Waals surface area contributed by atoms with Crippen LogP contribution in [-0.2, 0) is 14.4 Å². The van der Waals surface area contributed by atoms with E-state index in [0.29, 0.717) is 12.8 Å². The van der Waals surface area contributed by atoms with Crippen molar-refractivity contribution in [3.8, 4) is 0 Å². The second-order valence-corrected chi connectivity index (χ2v) is 3.61. The van der Waals surface area contributed by atoms with Gasteiger partial charge in [-0.05, 0) is 6.42 Å². The number of nitrogens with one attached hydrogen (secondary N) is 2. The lowest BCUT2D eigenvalue weighted by atomic mass is 10.2. The molecular formula is C8H12N2O4S. The fraction of sp³-hybridized carbons (Fsp3) is 0.625. The van der Waals surface area contributed by atoms with E-state index >= 15 is 0 Å². The van der Waals surface area contributed by atoms with Crippen molar-refractivity contribution in [1.29, 1.82) is 0 Å². The second kappa shape index (κ2) is 5.01. The Bertz CT molecular complexity index is 294. The third kappa shape index (κ3) is 3.12. The van der Waals surface area contributed by atoms with Crippen LogP contribution in [0.4, 0.5) is 0 Å². The van der Waals surface area contributed by atoms with E-state index in [2.05, 4.69) is 23.3 Å². The Kier molecular flexibility index (Phi) is 3.96. The standard InChI is InChI=1S/C8H12N2O4S/c11-6-2-1-4(9-6)7(12)10-5(3-15)8(13)14/h4-5,15H,1-3H2,(H,9,11)(H,10,12)(H,13,14)/t4?,5-/m0/s1. The molecule has 6 nitrogen and oxygen atoms in total. The van der Waals surface area contributed by atoms with Gasteiger partial charge in [0.1, 0.15) is 12.1 Å². The topological polar surface area (TPSA) is 95.5 Å². The van der Waals surface area contributed by atoms with Crippen LogP contribution in [0.3, 0.4) is 0 Å². The van der Waals surface area contributed by atoms with E-state index in [1.807, 2.05) is 0 Å². The van der Waals surface area contributed by atoms with Crippen LogP contribution in [-0.4, -0.2) is 40.7 Å². The van der Waals surface area contributed by atoms with Gasteiger partial charge in [0, 0.05) is 12.2 Å². The molecule has 0 aromatic rings. The maximum atomic E-state index is 11.4. The zero-order chi connectivity index (χ0) is 11.4. The Balaban J connectivity index is 2.47. The number of carboxylic acid groups (broad SMARTS) is 1. The van der Waals surface area contributed by atoms with Crippen LogP contribution >= 0.6 is 12.6 Å². The van der Waals surface area contributed by atoms with E-state index in [1.165, 1.54) is 0 Å². The Morgan fingerprint density at radius 2 is 2.33 bits per heavy atom. The number of hydrogen-bond acceptors (Lipinski definition) is 4. The molecule has 3 N–H and O–H groups in total. The van der Waals surface area contributed by atoms with Gasteiger partial charge in [-0.2, -0.15) is 12.6 Å². The lowest BCUT2D eigenvalue weighted by Crippen LogP contribution is -2.49. The molecule has 1 aliphatic heterocycles. The summed E-state index contributed by atoms with van der Waals surface area (Å²) in [7, 11) is 0. The summed E-state index contributed by atoms with van der Waals surface area (Å²) >= 11 is 3.81. The Hall–Kier alpha value is -1.24. The lowest BCUT2D eigenvalue weighted by molar-refractivity contribution is -0.141. The SMILES string of the molecule is O=C1CCC(C(=O)N[C@@H](CS)C(=O)O)N1. The number of hydrogen-bond donors (Lipinski definition) is 4. The van der Waals surface area contributed by atoms with Crippen molar-refractivity contribution in [3.05, 3.63) is 0 Å². The largest absolute Gasteiger partial charge is 0.480 e. The maximum absolute atomic E-state index is 11.4. The van der Waals surface area contributed by atoms with Crippen molar-refractivity contribution in [2.75, 3.05) is 5.75 Å². The molecule has 1 fully saturated rings. The highest BCUT2D eigenvalue weighted by molar-refractivity contribution is 7.80. The third-order valence-electron chi connectivity index (χ3n) is 2.11. The van der Waals surface area contributed by atoms with Crippen LogP contribution < -0.4 is 10.6 Å². The summed E-state index contributed by atoms with van der Waals surface area (Å²) in [5.74, 6) is -1.78. The van der Waals surface area contributed by atoms with Crippen molar-refractivity contribution in [1.82, 2.24) is 10.6 Å². The van der Waals surface area contributed by atoms with Gasteiger partial charge in [-0.25, -0.2) is 4.79 Å². The van der Waals surface area contributed by atoms with E-state index in [9.17, 15) is 14.4 Å². The molecule has 0 saturated carbocycles. The Morgan fingerprint density at radius 1 is 1.67 bits per heavy atom. The predicted molar refractivity (Wildman–Crippen MR) is 54.6 cm³/mol. The molecule has 1 rings (SSSR count). The number of amides is 2. The van der Waals surface area contributed by atoms with Gasteiger partial charge in [0.05, 0.1) is 0 Å². The molecule has 0 aromatic heterocycles. The molecule has 0 aromatic carbocycles. The van der Waals surface area contributed by atoms with Crippen LogP contribution in [0.2, 0.25) is 0 Å². The Labute approximate surface area is 91.8 Å². The summed E-state index contributed by atoms with van der Waals surface area (Å²) in [4.78, 5) is 32.9. The van der Waals surface area contributed by atoms with E-state index in [4.69, 9.17) is 5.11 Å². The highest BCUT2D eigenvalue weighted by Crippen LogP contribution is 2.06. The van der Waals surface area contributed by atoms with Crippen LogP contribution in [0, 0.1) is 0 Å². The molecule has 0 spiro atoms. The average Bonchev–Trinajstić information content (AvgIpc) is 2.60. The van der Waals surface area contributed by atoms with Gasteiger partial charge >= 0.3 is 5.97 Å². The number of thiol groups is 1. The Morgan fingerprint density at radius 3 is 2.73 bits per heavy atom. The highest BCUT2D eigenvalue weighted by atomic mass is 32.1. The number of carbonyl (C=O) groups is 3. The van der Waals surface area contributed by atoms with E-state index in [0.717, 1.165) is 0 Å². The van der Waals surface area contributed by atoms with E-state index in [-0.39, 0.29) is 11.7 Å². The minimum Gasteiger partial charge on any atom is -0.480 e. The zero-order valence-electron chi connectivity index (χ0n) is 7.90. The fourth-order valence-corrected chi connectivity index (χ4v) is 1.52. The van der Waals surface area contributed by atoms with Gasteiger partial charge < -0.3 is 15.7 Å². The molecule has 1 aliphatic rings. The summed E-state index contributed by atoms with van der Waals surface area (Å²) in [6.45, 7) is 0. The molecule has 1 saturated heterocycles. The molecule has 2 atom stereocenters. The molecule has 15 heavy (non-hydrogen) atoms. The summed E-state index contributed by atoms with van der Waals surface area (Å²) in [5.41, 5.74) is 0. The number of aliphatic carboxylic acids is 1. The van der Waals surface area contributed by atoms with Gasteiger partial charge in [-0.1, -0.05) is 0 Å². The van der Waals surface area contributed by atoms with Gasteiger partial charge in [0.2, 0.25) is 11.8 Å². The lowest BCUT2D eigenvalue weighted by Gasteiger charge is -2.15. The molecule has 1 unspecified atom stereocenters. The normalized spacial score (nSPS) is 21.9.